The Hall–Kier alpha value is -2.43. The zero-order chi connectivity index (χ0) is 18.4. The number of carbonyl (C=O) groups is 2. The van der Waals surface area contributed by atoms with E-state index in [2.05, 4.69) is 10.8 Å². The predicted molar refractivity (Wildman–Crippen MR) is 92.8 cm³/mol. The molecule has 1 saturated heterocycles. The normalized spacial score (nSPS) is 16.5. The third kappa shape index (κ3) is 5.02. The van der Waals surface area contributed by atoms with E-state index in [0.717, 1.165) is 13.1 Å². The van der Waals surface area contributed by atoms with Crippen molar-refractivity contribution in [2.75, 3.05) is 46.3 Å². The molecule has 1 fully saturated rings. The van der Waals surface area contributed by atoms with Crippen LogP contribution in [0.4, 0.5) is 4.39 Å². The van der Waals surface area contributed by atoms with Gasteiger partial charge in [-0.25, -0.2) is 4.39 Å². The Morgan fingerprint density at radius 3 is 2.60 bits per heavy atom. The number of rotatable bonds is 6. The van der Waals surface area contributed by atoms with Crippen molar-refractivity contribution < 1.29 is 14.0 Å². The fourth-order valence-corrected chi connectivity index (χ4v) is 3.00. The van der Waals surface area contributed by atoms with Crippen LogP contribution < -0.4 is 5.73 Å². The van der Waals surface area contributed by atoms with Gasteiger partial charge in [-0.15, -0.1) is 6.42 Å². The van der Waals surface area contributed by atoms with Gasteiger partial charge in [0.1, 0.15) is 11.9 Å². The van der Waals surface area contributed by atoms with Gasteiger partial charge in [0.15, 0.2) is 0 Å². The van der Waals surface area contributed by atoms with Gasteiger partial charge in [0, 0.05) is 26.2 Å². The van der Waals surface area contributed by atoms with Crippen LogP contribution in [0.15, 0.2) is 24.3 Å². The Morgan fingerprint density at radius 2 is 2.04 bits per heavy atom. The lowest BCUT2D eigenvalue weighted by atomic mass is 10.0. The van der Waals surface area contributed by atoms with E-state index >= 15 is 0 Å². The molecule has 1 unspecified atom stereocenters. The lowest BCUT2D eigenvalue weighted by Gasteiger charge is -2.35. The first-order valence-electron chi connectivity index (χ1n) is 8.11. The summed E-state index contributed by atoms with van der Waals surface area (Å²) in [5.74, 6) is 1.43. The first-order chi connectivity index (χ1) is 11.9. The van der Waals surface area contributed by atoms with Crippen molar-refractivity contribution in [2.24, 2.45) is 5.73 Å². The van der Waals surface area contributed by atoms with E-state index in [0.29, 0.717) is 25.2 Å². The summed E-state index contributed by atoms with van der Waals surface area (Å²) < 4.78 is 13.4. The molecule has 7 heteroatoms. The summed E-state index contributed by atoms with van der Waals surface area (Å²) in [5.41, 5.74) is 5.90. The SMILES string of the molecule is C#CCN1CCN(C(=O)CN(C)C(C(N)=O)c2cccc(F)c2)CC1. The van der Waals surface area contributed by atoms with Gasteiger partial charge >= 0.3 is 0 Å². The van der Waals surface area contributed by atoms with E-state index in [9.17, 15) is 14.0 Å². The van der Waals surface area contributed by atoms with Crippen molar-refractivity contribution in [1.29, 1.82) is 0 Å². The fraction of sp³-hybridized carbons (Fsp3) is 0.444. The third-order valence-corrected chi connectivity index (χ3v) is 4.30. The van der Waals surface area contributed by atoms with Gasteiger partial charge in [-0.1, -0.05) is 18.1 Å². The van der Waals surface area contributed by atoms with Crippen LogP contribution in [0.1, 0.15) is 11.6 Å². The molecule has 1 atom stereocenters. The number of likely N-dealkylation sites (N-methyl/N-ethyl adjacent to an activating group) is 1. The Labute approximate surface area is 147 Å². The van der Waals surface area contributed by atoms with Gasteiger partial charge in [-0.3, -0.25) is 19.4 Å². The summed E-state index contributed by atoms with van der Waals surface area (Å²) in [4.78, 5) is 29.7. The van der Waals surface area contributed by atoms with E-state index in [4.69, 9.17) is 12.2 Å². The molecule has 25 heavy (non-hydrogen) atoms. The second kappa shape index (κ2) is 8.60. The van der Waals surface area contributed by atoms with Gasteiger partial charge in [-0.05, 0) is 24.7 Å². The third-order valence-electron chi connectivity index (χ3n) is 4.30. The number of hydrogen-bond acceptors (Lipinski definition) is 4. The number of halogens is 1. The molecule has 0 aromatic heterocycles. The fourth-order valence-electron chi connectivity index (χ4n) is 3.00. The van der Waals surface area contributed by atoms with Crippen LogP contribution in [0, 0.1) is 18.2 Å². The molecule has 1 aliphatic heterocycles. The standard InChI is InChI=1S/C18H23FN4O2/c1-3-7-22-8-10-23(11-9-22)16(24)13-21(2)17(18(20)25)14-5-4-6-15(19)12-14/h1,4-6,12,17H,7-11,13H2,2H3,(H2,20,25). The van der Waals surface area contributed by atoms with Crippen molar-refractivity contribution >= 4 is 11.8 Å². The predicted octanol–water partition coefficient (Wildman–Crippen LogP) is 0.0613. The number of benzene rings is 1. The molecule has 0 radical (unpaired) electrons. The molecular formula is C18H23FN4O2. The number of nitrogens with two attached hydrogens (primary N) is 1. The Bertz CT molecular complexity index is 665. The maximum atomic E-state index is 13.4. The summed E-state index contributed by atoms with van der Waals surface area (Å²) in [6.07, 6.45) is 5.30. The lowest BCUT2D eigenvalue weighted by molar-refractivity contribution is -0.135. The highest BCUT2D eigenvalue weighted by Gasteiger charge is 2.27. The largest absolute Gasteiger partial charge is 0.368 e. The molecule has 0 saturated carbocycles. The highest BCUT2D eigenvalue weighted by atomic mass is 19.1. The summed E-state index contributed by atoms with van der Waals surface area (Å²) in [7, 11) is 1.63. The number of carbonyl (C=O) groups excluding carboxylic acids is 2. The summed E-state index contributed by atoms with van der Waals surface area (Å²) in [6.45, 7) is 3.24. The number of hydrogen-bond donors (Lipinski definition) is 1. The average molecular weight is 346 g/mol. The maximum Gasteiger partial charge on any atom is 0.239 e. The molecule has 1 heterocycles. The quantitative estimate of drug-likeness (QED) is 0.740. The second-order valence-corrected chi connectivity index (χ2v) is 6.14. The molecule has 134 valence electrons. The molecule has 2 amide bonds. The second-order valence-electron chi connectivity index (χ2n) is 6.14. The molecule has 0 spiro atoms. The van der Waals surface area contributed by atoms with Crippen LogP contribution in [-0.4, -0.2) is 72.8 Å². The van der Waals surface area contributed by atoms with Gasteiger partial charge in [0.25, 0.3) is 0 Å². The van der Waals surface area contributed by atoms with Gasteiger partial charge in [-0.2, -0.15) is 0 Å². The van der Waals surface area contributed by atoms with E-state index in [1.165, 1.54) is 18.2 Å². The minimum atomic E-state index is -0.859. The van der Waals surface area contributed by atoms with Crippen LogP contribution in [0.5, 0.6) is 0 Å². The maximum absolute atomic E-state index is 13.4. The minimum absolute atomic E-state index is 0.0270. The highest BCUT2D eigenvalue weighted by Crippen LogP contribution is 2.20. The monoisotopic (exact) mass is 346 g/mol. The van der Waals surface area contributed by atoms with Crippen molar-refractivity contribution in [3.05, 3.63) is 35.6 Å². The van der Waals surface area contributed by atoms with Crippen LogP contribution in [-0.2, 0) is 9.59 Å². The smallest absolute Gasteiger partial charge is 0.239 e. The zero-order valence-electron chi connectivity index (χ0n) is 14.3. The van der Waals surface area contributed by atoms with Crippen molar-refractivity contribution in [2.45, 2.75) is 6.04 Å². The zero-order valence-corrected chi connectivity index (χ0v) is 14.3. The number of primary amides is 1. The number of nitrogens with zero attached hydrogens (tertiary/aromatic N) is 3. The summed E-state index contributed by atoms with van der Waals surface area (Å²) >= 11 is 0. The number of amides is 2. The average Bonchev–Trinajstić information content (AvgIpc) is 2.55. The Kier molecular flexibility index (Phi) is 6.51. The Balaban J connectivity index is 1.99. The van der Waals surface area contributed by atoms with Gasteiger partial charge < -0.3 is 10.6 Å². The lowest BCUT2D eigenvalue weighted by Crippen LogP contribution is -2.51. The molecular weight excluding hydrogens is 323 g/mol. The van der Waals surface area contributed by atoms with Crippen LogP contribution in [0.3, 0.4) is 0 Å². The highest BCUT2D eigenvalue weighted by molar-refractivity contribution is 5.83. The van der Waals surface area contributed by atoms with Crippen molar-refractivity contribution in [3.8, 4) is 12.3 Å². The van der Waals surface area contributed by atoms with Crippen LogP contribution >= 0.6 is 0 Å². The topological polar surface area (TPSA) is 69.9 Å². The Morgan fingerprint density at radius 1 is 1.36 bits per heavy atom. The van der Waals surface area contributed by atoms with E-state index < -0.39 is 17.8 Å². The first-order valence-corrected chi connectivity index (χ1v) is 8.11. The molecule has 2 N–H and O–H groups in total. The first kappa shape index (κ1) is 18.9. The summed E-state index contributed by atoms with van der Waals surface area (Å²) in [5, 5.41) is 0. The molecule has 0 bridgehead atoms. The van der Waals surface area contributed by atoms with E-state index in [1.54, 1.807) is 22.9 Å². The number of piperazine rings is 1. The molecule has 1 aromatic carbocycles. The molecule has 0 aliphatic carbocycles. The van der Waals surface area contributed by atoms with E-state index in [-0.39, 0.29) is 12.5 Å². The number of terminal acetylenes is 1. The molecule has 6 nitrogen and oxygen atoms in total. The van der Waals surface area contributed by atoms with E-state index in [1.807, 2.05) is 0 Å². The minimum Gasteiger partial charge on any atom is -0.368 e. The van der Waals surface area contributed by atoms with Gasteiger partial charge in [0.05, 0.1) is 13.1 Å². The molecule has 1 aliphatic rings. The molecule has 2 rings (SSSR count). The van der Waals surface area contributed by atoms with Gasteiger partial charge in [0.2, 0.25) is 11.8 Å². The van der Waals surface area contributed by atoms with Crippen molar-refractivity contribution in [3.63, 3.8) is 0 Å². The molecule has 1 aromatic rings. The van der Waals surface area contributed by atoms with Crippen LogP contribution in [0.25, 0.3) is 0 Å². The van der Waals surface area contributed by atoms with Crippen LogP contribution in [0.2, 0.25) is 0 Å². The summed E-state index contributed by atoms with van der Waals surface area (Å²) in [6, 6.07) is 4.83. The van der Waals surface area contributed by atoms with Crippen molar-refractivity contribution in [1.82, 2.24) is 14.7 Å².